The Morgan fingerprint density at radius 2 is 1.57 bits per heavy atom. The fourth-order valence-electron chi connectivity index (χ4n) is 5.06. The molecule has 0 unspecified atom stereocenters. The number of nitrogens with one attached hydrogen (secondary N) is 1. The summed E-state index contributed by atoms with van der Waals surface area (Å²) in [6, 6.07) is 13.0. The van der Waals surface area contributed by atoms with Gasteiger partial charge in [-0.2, -0.15) is 18.4 Å². The van der Waals surface area contributed by atoms with Gasteiger partial charge in [-0.3, -0.25) is 10.3 Å². The number of anilines is 3. The smallest absolute Gasteiger partial charge is 0.369 e. The molecule has 3 fully saturated rings. The van der Waals surface area contributed by atoms with Crippen molar-refractivity contribution in [3.63, 3.8) is 0 Å². The van der Waals surface area contributed by atoms with Gasteiger partial charge in [0.05, 0.1) is 22.9 Å². The minimum absolute atomic E-state index is 0.136. The van der Waals surface area contributed by atoms with Crippen LogP contribution in [0.2, 0.25) is 0 Å². The molecule has 1 saturated carbocycles. The lowest BCUT2D eigenvalue weighted by atomic mass is 9.75. The largest absolute Gasteiger partial charge is 0.417 e. The molecule has 2 heterocycles. The van der Waals surface area contributed by atoms with Gasteiger partial charge in [0.1, 0.15) is 11.4 Å². The van der Waals surface area contributed by atoms with Crippen molar-refractivity contribution in [1.82, 2.24) is 4.81 Å². The van der Waals surface area contributed by atoms with Crippen LogP contribution >= 0.6 is 12.2 Å². The van der Waals surface area contributed by atoms with Crippen LogP contribution in [0.3, 0.4) is 0 Å². The van der Waals surface area contributed by atoms with Crippen LogP contribution in [0.25, 0.3) is 0 Å². The van der Waals surface area contributed by atoms with E-state index >= 15 is 0 Å². The van der Waals surface area contributed by atoms with Crippen molar-refractivity contribution < 1.29 is 13.2 Å². The molecule has 2 aromatic rings. The van der Waals surface area contributed by atoms with E-state index in [0.717, 1.165) is 56.1 Å². The first-order valence-electron chi connectivity index (χ1n) is 11.3. The third-order valence-electron chi connectivity index (χ3n) is 7.13. The van der Waals surface area contributed by atoms with Gasteiger partial charge in [-0.15, -0.1) is 0 Å². The first-order chi connectivity index (χ1) is 16.7. The van der Waals surface area contributed by atoms with E-state index in [0.29, 0.717) is 12.8 Å². The second kappa shape index (κ2) is 8.54. The Morgan fingerprint density at radius 1 is 0.971 bits per heavy atom. The van der Waals surface area contributed by atoms with Gasteiger partial charge in [0.15, 0.2) is 13.1 Å². The molecule has 6 nitrogen and oxygen atoms in total. The Kier molecular flexibility index (Phi) is 5.76. The third kappa shape index (κ3) is 3.85. The molecular formula is C24H22BF3N6S. The minimum atomic E-state index is -4.69. The summed E-state index contributed by atoms with van der Waals surface area (Å²) in [7, 11) is 5.85. The monoisotopic (exact) mass is 494 g/mol. The number of benzene rings is 2. The fourth-order valence-corrected chi connectivity index (χ4v) is 5.53. The van der Waals surface area contributed by atoms with Crippen molar-refractivity contribution in [2.24, 2.45) is 0 Å². The summed E-state index contributed by atoms with van der Waals surface area (Å²) in [5, 5.41) is 18.3. The number of hydrogen-bond acceptors (Lipinski definition) is 5. The topological polar surface area (TPSA) is 60.6 Å². The maximum Gasteiger partial charge on any atom is 0.417 e. The first kappa shape index (κ1) is 23.6. The zero-order valence-electron chi connectivity index (χ0n) is 18.8. The van der Waals surface area contributed by atoms with E-state index < -0.39 is 22.8 Å². The van der Waals surface area contributed by atoms with E-state index in [1.807, 2.05) is 29.2 Å². The second-order valence-electron chi connectivity index (χ2n) is 9.07. The summed E-state index contributed by atoms with van der Waals surface area (Å²) in [4.78, 5) is 7.35. The van der Waals surface area contributed by atoms with Crippen LogP contribution in [0.5, 0.6) is 0 Å². The molecule has 11 heteroatoms. The van der Waals surface area contributed by atoms with Crippen molar-refractivity contribution in [1.29, 1.82) is 10.7 Å². The second-order valence-corrected chi connectivity index (χ2v) is 9.43. The lowest BCUT2D eigenvalue weighted by Gasteiger charge is -2.44. The van der Waals surface area contributed by atoms with Crippen LogP contribution in [0, 0.1) is 16.7 Å². The summed E-state index contributed by atoms with van der Waals surface area (Å²) < 4.78 is 40.8. The number of thiocarbonyl (C=S) groups is 1. The van der Waals surface area contributed by atoms with Crippen molar-refractivity contribution in [2.75, 3.05) is 40.9 Å². The lowest BCUT2D eigenvalue weighted by Crippen LogP contribution is -2.55. The SMILES string of the molecule is [B]N1CCN(c2ccc(N3C(=S)N(c4ccc(C#N)c(C(F)(F)F)c4)C(=N)C34CCC4)cc2)CC1. The number of nitriles is 1. The maximum atomic E-state index is 13.6. The van der Waals surface area contributed by atoms with Gasteiger partial charge in [-0.1, -0.05) is 0 Å². The molecule has 2 saturated heterocycles. The highest BCUT2D eigenvalue weighted by Gasteiger charge is 2.57. The predicted molar refractivity (Wildman–Crippen MR) is 134 cm³/mol. The zero-order chi connectivity index (χ0) is 25.0. The molecule has 5 rings (SSSR count). The average Bonchev–Trinajstić information content (AvgIpc) is 3.05. The number of halogens is 3. The van der Waals surface area contributed by atoms with Crippen LogP contribution in [0.15, 0.2) is 42.5 Å². The summed E-state index contributed by atoms with van der Waals surface area (Å²) in [5.41, 5.74) is -0.182. The first-order valence-corrected chi connectivity index (χ1v) is 11.8. The van der Waals surface area contributed by atoms with Gasteiger partial charge >= 0.3 is 6.18 Å². The van der Waals surface area contributed by atoms with Crippen molar-refractivity contribution in [3.8, 4) is 6.07 Å². The quantitative estimate of drug-likeness (QED) is 0.508. The van der Waals surface area contributed by atoms with Gasteiger partial charge < -0.3 is 14.6 Å². The summed E-state index contributed by atoms with van der Waals surface area (Å²) >= 11 is 5.76. The molecule has 0 bridgehead atoms. The molecule has 178 valence electrons. The van der Waals surface area contributed by atoms with Crippen LogP contribution in [-0.2, 0) is 6.18 Å². The van der Waals surface area contributed by atoms with E-state index in [1.54, 1.807) is 10.9 Å². The summed E-state index contributed by atoms with van der Waals surface area (Å²) in [6.45, 7) is 3.19. The molecule has 1 N–H and O–H groups in total. The minimum Gasteiger partial charge on any atom is -0.369 e. The molecular weight excluding hydrogens is 472 g/mol. The van der Waals surface area contributed by atoms with E-state index in [4.69, 9.17) is 30.9 Å². The number of nitrogens with zero attached hydrogens (tertiary/aromatic N) is 5. The lowest BCUT2D eigenvalue weighted by molar-refractivity contribution is -0.137. The van der Waals surface area contributed by atoms with Gasteiger partial charge in [0.25, 0.3) is 0 Å². The van der Waals surface area contributed by atoms with E-state index in [1.165, 1.54) is 11.0 Å². The Morgan fingerprint density at radius 3 is 2.11 bits per heavy atom. The highest BCUT2D eigenvalue weighted by molar-refractivity contribution is 7.81. The van der Waals surface area contributed by atoms with Crippen LogP contribution in [-0.4, -0.2) is 55.5 Å². The van der Waals surface area contributed by atoms with Crippen molar-refractivity contribution >= 4 is 48.2 Å². The molecule has 0 atom stereocenters. The standard InChI is InChI=1S/C24H22BF3N6S/c25-32-12-10-31(11-13-32)17-4-6-18(7-5-17)34-22(35)33(21(30)23(34)8-1-9-23)19-3-2-16(15-29)20(14-19)24(26,27)28/h2-7,14,30H,1,8-13H2. The fraction of sp³-hybridized carbons (Fsp3) is 0.375. The molecule has 1 aliphatic carbocycles. The maximum absolute atomic E-state index is 13.6. The average molecular weight is 494 g/mol. The van der Waals surface area contributed by atoms with Gasteiger partial charge in [-0.25, -0.2) is 0 Å². The normalized spacial score (nSPS) is 20.3. The van der Waals surface area contributed by atoms with Crippen LogP contribution < -0.4 is 14.7 Å². The van der Waals surface area contributed by atoms with Gasteiger partial charge in [0, 0.05) is 37.6 Å². The molecule has 1 spiro atoms. The Balaban J connectivity index is 1.48. The molecule has 2 aliphatic heterocycles. The van der Waals surface area contributed by atoms with Crippen LogP contribution in [0.1, 0.15) is 30.4 Å². The summed E-state index contributed by atoms with van der Waals surface area (Å²) in [6.07, 6.45) is -2.42. The third-order valence-corrected chi connectivity index (χ3v) is 7.50. The molecule has 35 heavy (non-hydrogen) atoms. The molecule has 0 amide bonds. The Labute approximate surface area is 208 Å². The molecule has 2 aromatic carbocycles. The van der Waals surface area contributed by atoms with Crippen LogP contribution in [0.4, 0.5) is 30.2 Å². The van der Waals surface area contributed by atoms with Crippen molar-refractivity contribution in [2.45, 2.75) is 31.0 Å². The van der Waals surface area contributed by atoms with Gasteiger partial charge in [0.2, 0.25) is 0 Å². The number of alkyl halides is 3. The highest BCUT2D eigenvalue weighted by Crippen LogP contribution is 2.48. The number of hydrogen-bond donors (Lipinski definition) is 1. The predicted octanol–water partition coefficient (Wildman–Crippen LogP) is 4.29. The van der Waals surface area contributed by atoms with E-state index in [9.17, 15) is 13.2 Å². The Bertz CT molecular complexity index is 1210. The van der Waals surface area contributed by atoms with Gasteiger partial charge in [-0.05, 0) is 73.9 Å². The summed E-state index contributed by atoms with van der Waals surface area (Å²) in [5.74, 6) is 0.162. The molecule has 0 aromatic heterocycles. The van der Waals surface area contributed by atoms with Crippen molar-refractivity contribution in [3.05, 3.63) is 53.6 Å². The number of amidine groups is 1. The van der Waals surface area contributed by atoms with E-state index in [2.05, 4.69) is 4.90 Å². The zero-order valence-corrected chi connectivity index (χ0v) is 19.7. The highest BCUT2D eigenvalue weighted by atomic mass is 32.1. The number of piperazine rings is 1. The van der Waals surface area contributed by atoms with E-state index in [-0.39, 0.29) is 16.6 Å². The number of rotatable bonds is 3. The molecule has 2 radical (unpaired) electrons. The molecule has 3 aliphatic rings. The Hall–Kier alpha value is -3.10.